The van der Waals surface area contributed by atoms with Gasteiger partial charge >= 0.3 is 0 Å². The number of benzene rings is 2. The lowest BCUT2D eigenvalue weighted by Crippen LogP contribution is -2.27. The molecule has 27 heavy (non-hydrogen) atoms. The first-order valence-electron chi connectivity index (χ1n) is 7.58. The third-order valence-electron chi connectivity index (χ3n) is 3.80. The summed E-state index contributed by atoms with van der Waals surface area (Å²) in [6, 6.07) is 12.8. The van der Waals surface area contributed by atoms with Gasteiger partial charge < -0.3 is 0 Å². The van der Waals surface area contributed by atoms with Gasteiger partial charge in [0.25, 0.3) is 16.8 Å². The summed E-state index contributed by atoms with van der Waals surface area (Å²) in [6.45, 7) is -0.0213. The van der Waals surface area contributed by atoms with E-state index in [9.17, 15) is 19.7 Å². The second-order valence-corrected chi connectivity index (χ2v) is 6.91. The maximum atomic E-state index is 12.6. The first kappa shape index (κ1) is 18.6. The molecular weight excluding hydrogens is 390 g/mol. The van der Waals surface area contributed by atoms with Crippen LogP contribution in [0.5, 0.6) is 0 Å². The second-order valence-electron chi connectivity index (χ2n) is 5.50. The van der Waals surface area contributed by atoms with Crippen molar-refractivity contribution in [3.8, 4) is 6.07 Å². The number of rotatable bonds is 4. The monoisotopic (exact) mass is 399 g/mol. The molecule has 0 aromatic heterocycles. The van der Waals surface area contributed by atoms with E-state index in [0.29, 0.717) is 16.7 Å². The molecule has 1 heterocycles. The number of nitro groups is 1. The number of halogens is 1. The van der Waals surface area contributed by atoms with E-state index >= 15 is 0 Å². The molecule has 1 saturated heterocycles. The van der Waals surface area contributed by atoms with Crippen LogP contribution in [0.2, 0.25) is 5.02 Å². The van der Waals surface area contributed by atoms with Crippen LogP contribution in [-0.2, 0) is 11.3 Å². The van der Waals surface area contributed by atoms with Gasteiger partial charge in [-0.25, -0.2) is 0 Å². The van der Waals surface area contributed by atoms with E-state index in [4.69, 9.17) is 16.9 Å². The number of carbonyl (C=O) groups is 2. The minimum Gasteiger partial charge on any atom is -0.268 e. The Hall–Kier alpha value is -3.15. The molecule has 0 radical (unpaired) electrons. The van der Waals surface area contributed by atoms with Gasteiger partial charge in [0.05, 0.1) is 28.0 Å². The highest BCUT2D eigenvalue weighted by Gasteiger charge is 2.35. The molecule has 0 bridgehead atoms. The van der Waals surface area contributed by atoms with Crippen LogP contribution in [0.3, 0.4) is 0 Å². The standard InChI is InChI=1S/C18H10ClN3O4S/c19-14-6-5-11(7-15(14)22(25)26)8-16-17(23)21(18(24)27-16)10-13-4-2-1-3-12(13)9-20/h1-8H,10H2/b16-8-. The van der Waals surface area contributed by atoms with Gasteiger partial charge in [-0.3, -0.25) is 24.6 Å². The molecule has 1 fully saturated rings. The van der Waals surface area contributed by atoms with Crippen molar-refractivity contribution >= 4 is 46.3 Å². The zero-order valence-corrected chi connectivity index (χ0v) is 15.2. The van der Waals surface area contributed by atoms with Crippen molar-refractivity contribution in [2.24, 2.45) is 0 Å². The van der Waals surface area contributed by atoms with Gasteiger partial charge in [0, 0.05) is 6.07 Å². The molecule has 1 aliphatic heterocycles. The average Bonchev–Trinajstić information content (AvgIpc) is 2.91. The number of amides is 2. The Labute approximate surface area is 163 Å². The fourth-order valence-corrected chi connectivity index (χ4v) is 3.51. The summed E-state index contributed by atoms with van der Waals surface area (Å²) in [7, 11) is 0. The van der Waals surface area contributed by atoms with E-state index < -0.39 is 16.1 Å². The summed E-state index contributed by atoms with van der Waals surface area (Å²) in [4.78, 5) is 36.4. The van der Waals surface area contributed by atoms with Crippen LogP contribution in [0.4, 0.5) is 10.5 Å². The molecule has 7 nitrogen and oxygen atoms in total. The Kier molecular flexibility index (Phi) is 5.26. The van der Waals surface area contributed by atoms with Crippen molar-refractivity contribution in [3.05, 3.63) is 79.2 Å². The fraction of sp³-hybridized carbons (Fsp3) is 0.0556. The molecule has 1 aliphatic rings. The Balaban J connectivity index is 1.88. The lowest BCUT2D eigenvalue weighted by molar-refractivity contribution is -0.384. The number of imide groups is 1. The molecule has 0 unspecified atom stereocenters. The first-order chi connectivity index (χ1) is 12.9. The molecular formula is C18H10ClN3O4S. The number of hydrogen-bond acceptors (Lipinski definition) is 6. The summed E-state index contributed by atoms with van der Waals surface area (Å²) in [5, 5.41) is 19.6. The van der Waals surface area contributed by atoms with Gasteiger partial charge in [0.15, 0.2) is 0 Å². The Morgan fingerprint density at radius 2 is 2.00 bits per heavy atom. The maximum Gasteiger partial charge on any atom is 0.293 e. The zero-order chi connectivity index (χ0) is 19.6. The molecule has 0 N–H and O–H groups in total. The minimum atomic E-state index is -0.621. The van der Waals surface area contributed by atoms with Crippen LogP contribution in [0.1, 0.15) is 16.7 Å². The quantitative estimate of drug-likeness (QED) is 0.430. The van der Waals surface area contributed by atoms with E-state index in [0.717, 1.165) is 16.7 Å². The molecule has 9 heteroatoms. The number of nitrogens with zero attached hydrogens (tertiary/aromatic N) is 3. The lowest BCUT2D eigenvalue weighted by atomic mass is 10.1. The molecule has 2 aromatic carbocycles. The number of nitriles is 1. The van der Waals surface area contributed by atoms with E-state index in [1.54, 1.807) is 24.3 Å². The number of thioether (sulfide) groups is 1. The Bertz CT molecular complexity index is 1050. The highest BCUT2D eigenvalue weighted by atomic mass is 35.5. The molecule has 0 atom stereocenters. The predicted molar refractivity (Wildman–Crippen MR) is 101 cm³/mol. The molecule has 3 rings (SSSR count). The topological polar surface area (TPSA) is 104 Å². The second kappa shape index (κ2) is 7.61. The maximum absolute atomic E-state index is 12.6. The predicted octanol–water partition coefficient (Wildman–Crippen LogP) is 4.36. The van der Waals surface area contributed by atoms with Crippen molar-refractivity contribution in [1.82, 2.24) is 4.90 Å². The first-order valence-corrected chi connectivity index (χ1v) is 8.77. The van der Waals surface area contributed by atoms with Crippen LogP contribution >= 0.6 is 23.4 Å². The Morgan fingerprint density at radius 1 is 1.26 bits per heavy atom. The third kappa shape index (κ3) is 3.84. The van der Waals surface area contributed by atoms with Crippen LogP contribution in [-0.4, -0.2) is 21.0 Å². The Morgan fingerprint density at radius 3 is 2.70 bits per heavy atom. The fourth-order valence-electron chi connectivity index (χ4n) is 2.48. The summed E-state index contributed by atoms with van der Waals surface area (Å²) >= 11 is 6.52. The summed E-state index contributed by atoms with van der Waals surface area (Å²) in [5.74, 6) is -0.518. The largest absolute Gasteiger partial charge is 0.293 e. The SMILES string of the molecule is N#Cc1ccccc1CN1C(=O)S/C(=C\c2ccc(Cl)c([N+](=O)[O-])c2)C1=O. The van der Waals surface area contributed by atoms with E-state index in [1.807, 2.05) is 6.07 Å². The van der Waals surface area contributed by atoms with Gasteiger partial charge in [0.1, 0.15) is 5.02 Å². The molecule has 2 aromatic rings. The van der Waals surface area contributed by atoms with Crippen molar-refractivity contribution in [3.63, 3.8) is 0 Å². The van der Waals surface area contributed by atoms with Gasteiger partial charge in [-0.05, 0) is 41.1 Å². The third-order valence-corrected chi connectivity index (χ3v) is 5.03. The highest BCUT2D eigenvalue weighted by Crippen LogP contribution is 2.34. The highest BCUT2D eigenvalue weighted by molar-refractivity contribution is 8.18. The van der Waals surface area contributed by atoms with E-state index in [2.05, 4.69) is 0 Å². The van der Waals surface area contributed by atoms with Crippen molar-refractivity contribution in [2.75, 3.05) is 0 Å². The number of hydrogen-bond donors (Lipinski definition) is 0. The molecule has 0 spiro atoms. The zero-order valence-electron chi connectivity index (χ0n) is 13.6. The minimum absolute atomic E-state index is 0.0154. The molecule has 0 saturated carbocycles. The molecule has 134 valence electrons. The van der Waals surface area contributed by atoms with Crippen LogP contribution in [0.15, 0.2) is 47.4 Å². The van der Waals surface area contributed by atoms with Gasteiger partial charge in [0.2, 0.25) is 0 Å². The smallest absolute Gasteiger partial charge is 0.268 e. The summed E-state index contributed by atoms with van der Waals surface area (Å²) in [5.41, 5.74) is 1.04. The van der Waals surface area contributed by atoms with E-state index in [1.165, 1.54) is 24.3 Å². The number of nitro benzene ring substituents is 1. The van der Waals surface area contributed by atoms with Crippen molar-refractivity contribution in [2.45, 2.75) is 6.54 Å². The van der Waals surface area contributed by atoms with Crippen LogP contribution in [0, 0.1) is 21.4 Å². The van der Waals surface area contributed by atoms with E-state index in [-0.39, 0.29) is 22.2 Å². The molecule has 0 aliphatic carbocycles. The molecule has 2 amide bonds. The van der Waals surface area contributed by atoms with Crippen LogP contribution in [0.25, 0.3) is 6.08 Å². The van der Waals surface area contributed by atoms with Crippen molar-refractivity contribution in [1.29, 1.82) is 5.26 Å². The summed E-state index contributed by atoms with van der Waals surface area (Å²) in [6.07, 6.45) is 1.41. The average molecular weight is 400 g/mol. The normalized spacial score (nSPS) is 15.3. The van der Waals surface area contributed by atoms with Gasteiger partial charge in [-0.2, -0.15) is 5.26 Å². The van der Waals surface area contributed by atoms with Gasteiger partial charge in [-0.15, -0.1) is 0 Å². The van der Waals surface area contributed by atoms with Gasteiger partial charge in [-0.1, -0.05) is 35.9 Å². The summed E-state index contributed by atoms with van der Waals surface area (Å²) < 4.78 is 0. The lowest BCUT2D eigenvalue weighted by Gasteiger charge is -2.13. The number of carbonyl (C=O) groups excluding carboxylic acids is 2. The van der Waals surface area contributed by atoms with Crippen LogP contribution < -0.4 is 0 Å². The van der Waals surface area contributed by atoms with Crippen molar-refractivity contribution < 1.29 is 14.5 Å².